The summed E-state index contributed by atoms with van der Waals surface area (Å²) in [5.74, 6) is 0.722. The molecular formula is C25H32N4O3. The van der Waals surface area contributed by atoms with E-state index in [0.717, 1.165) is 43.9 Å². The van der Waals surface area contributed by atoms with Gasteiger partial charge in [-0.2, -0.15) is 0 Å². The van der Waals surface area contributed by atoms with E-state index in [9.17, 15) is 9.59 Å². The third kappa shape index (κ3) is 4.58. The molecule has 2 heterocycles. The number of amides is 2. The molecule has 0 radical (unpaired) electrons. The fraction of sp³-hybridized carbons (Fsp3) is 0.440. The summed E-state index contributed by atoms with van der Waals surface area (Å²) in [5.41, 5.74) is 4.62. The van der Waals surface area contributed by atoms with Crippen molar-refractivity contribution >= 4 is 17.5 Å². The van der Waals surface area contributed by atoms with Gasteiger partial charge in [0.05, 0.1) is 6.04 Å². The minimum atomic E-state index is -0.153. The lowest BCUT2D eigenvalue weighted by Crippen LogP contribution is -2.46. The maximum atomic E-state index is 12.9. The Hall–Kier alpha value is -3.06. The number of likely N-dealkylation sites (N-methyl/N-ethyl adjacent to an activating group) is 1. The lowest BCUT2D eigenvalue weighted by Gasteiger charge is -2.37. The maximum absolute atomic E-state index is 12.9. The number of nitrogens with one attached hydrogen (secondary N) is 1. The summed E-state index contributed by atoms with van der Waals surface area (Å²) in [6.07, 6.45) is 0.738. The van der Waals surface area contributed by atoms with Gasteiger partial charge in [-0.1, -0.05) is 6.07 Å². The Balaban J connectivity index is 1.47. The standard InChI is InChI=1S/C25H32N4O3/c1-17-5-10-22(29-13-11-28(4)12-14-29)21-15-20(16-32-23(17)21)26-24(30)18-6-8-19(9-7-18)25(31)27(2)3/h5-10,20H,11-16H2,1-4H3,(H,26,30)/t20-/m0/s1. The Morgan fingerprint density at radius 2 is 1.66 bits per heavy atom. The third-order valence-corrected chi connectivity index (χ3v) is 6.29. The first-order chi connectivity index (χ1) is 15.3. The van der Waals surface area contributed by atoms with E-state index in [4.69, 9.17) is 4.74 Å². The van der Waals surface area contributed by atoms with Crippen molar-refractivity contribution in [1.82, 2.24) is 15.1 Å². The summed E-state index contributed by atoms with van der Waals surface area (Å²) in [5, 5.41) is 3.12. The highest BCUT2D eigenvalue weighted by atomic mass is 16.5. The first-order valence-corrected chi connectivity index (χ1v) is 11.1. The van der Waals surface area contributed by atoms with E-state index < -0.39 is 0 Å². The second-order valence-electron chi connectivity index (χ2n) is 8.96. The lowest BCUT2D eigenvalue weighted by molar-refractivity contribution is 0.0826. The van der Waals surface area contributed by atoms with Gasteiger partial charge < -0.3 is 24.8 Å². The molecule has 7 heteroatoms. The Labute approximate surface area is 189 Å². The number of aryl methyl sites for hydroxylation is 1. The molecule has 1 N–H and O–H groups in total. The molecule has 2 aliphatic heterocycles. The molecule has 2 aliphatic rings. The van der Waals surface area contributed by atoms with Crippen LogP contribution in [0.15, 0.2) is 36.4 Å². The highest BCUT2D eigenvalue weighted by Gasteiger charge is 2.28. The number of anilines is 1. The van der Waals surface area contributed by atoms with E-state index in [0.29, 0.717) is 17.7 Å². The number of carbonyl (C=O) groups excluding carboxylic acids is 2. The highest BCUT2D eigenvalue weighted by molar-refractivity contribution is 5.97. The third-order valence-electron chi connectivity index (χ3n) is 6.29. The predicted molar refractivity (Wildman–Crippen MR) is 126 cm³/mol. The van der Waals surface area contributed by atoms with Gasteiger partial charge in [-0.15, -0.1) is 0 Å². The Morgan fingerprint density at radius 3 is 2.31 bits per heavy atom. The lowest BCUT2D eigenvalue weighted by atomic mass is 9.96. The maximum Gasteiger partial charge on any atom is 0.253 e. The second-order valence-corrected chi connectivity index (χ2v) is 8.96. The normalized spacial score (nSPS) is 18.5. The molecule has 4 rings (SSSR count). The first kappa shape index (κ1) is 22.1. The molecule has 32 heavy (non-hydrogen) atoms. The number of piperazine rings is 1. The fourth-order valence-electron chi connectivity index (χ4n) is 4.35. The zero-order valence-corrected chi connectivity index (χ0v) is 19.4. The van der Waals surface area contributed by atoms with Crippen LogP contribution in [0.1, 0.15) is 31.8 Å². The molecule has 7 nitrogen and oxygen atoms in total. The number of nitrogens with zero attached hydrogens (tertiary/aromatic N) is 3. The summed E-state index contributed by atoms with van der Waals surface area (Å²) in [7, 11) is 5.57. The molecule has 2 aromatic carbocycles. The van der Waals surface area contributed by atoms with Crippen molar-refractivity contribution in [3.8, 4) is 5.75 Å². The van der Waals surface area contributed by atoms with Crippen LogP contribution in [-0.2, 0) is 6.42 Å². The zero-order chi connectivity index (χ0) is 22.8. The molecule has 0 unspecified atom stereocenters. The molecule has 170 valence electrons. The Kier molecular flexibility index (Phi) is 6.37. The Bertz CT molecular complexity index is 995. The molecule has 0 aliphatic carbocycles. The zero-order valence-electron chi connectivity index (χ0n) is 19.4. The summed E-state index contributed by atoms with van der Waals surface area (Å²) in [6, 6.07) is 11.0. The van der Waals surface area contributed by atoms with E-state index in [1.807, 2.05) is 0 Å². The molecule has 1 atom stereocenters. The van der Waals surface area contributed by atoms with Gasteiger partial charge >= 0.3 is 0 Å². The topological polar surface area (TPSA) is 65.1 Å². The Morgan fingerprint density at radius 1 is 1.00 bits per heavy atom. The van der Waals surface area contributed by atoms with Crippen LogP contribution >= 0.6 is 0 Å². The van der Waals surface area contributed by atoms with Gasteiger partial charge in [0.1, 0.15) is 12.4 Å². The molecule has 0 saturated carbocycles. The van der Waals surface area contributed by atoms with Crippen LogP contribution in [0.5, 0.6) is 5.75 Å². The molecule has 1 saturated heterocycles. The second kappa shape index (κ2) is 9.20. The fourth-order valence-corrected chi connectivity index (χ4v) is 4.35. The molecule has 2 amide bonds. The molecular weight excluding hydrogens is 404 g/mol. The van der Waals surface area contributed by atoms with Gasteiger partial charge in [-0.3, -0.25) is 9.59 Å². The number of hydrogen-bond donors (Lipinski definition) is 1. The minimum Gasteiger partial charge on any atom is -0.491 e. The highest BCUT2D eigenvalue weighted by Crippen LogP contribution is 2.36. The number of carbonyl (C=O) groups is 2. The van der Waals surface area contributed by atoms with Crippen LogP contribution in [0.25, 0.3) is 0 Å². The van der Waals surface area contributed by atoms with Gasteiger partial charge in [0.2, 0.25) is 0 Å². The number of fused-ring (bicyclic) bond motifs is 1. The van der Waals surface area contributed by atoms with Crippen molar-refractivity contribution < 1.29 is 14.3 Å². The predicted octanol–water partition coefficient (Wildman–Crippen LogP) is 2.18. The van der Waals surface area contributed by atoms with E-state index in [-0.39, 0.29) is 17.9 Å². The molecule has 2 aromatic rings. The summed E-state index contributed by atoms with van der Waals surface area (Å²) in [4.78, 5) is 31.2. The molecule has 0 bridgehead atoms. The van der Waals surface area contributed by atoms with Crippen molar-refractivity contribution in [2.24, 2.45) is 0 Å². The smallest absolute Gasteiger partial charge is 0.253 e. The number of ether oxygens (including phenoxy) is 1. The van der Waals surface area contributed by atoms with E-state index >= 15 is 0 Å². The minimum absolute atomic E-state index is 0.0824. The summed E-state index contributed by atoms with van der Waals surface area (Å²) < 4.78 is 6.13. The monoisotopic (exact) mass is 436 g/mol. The molecule has 0 aromatic heterocycles. The summed E-state index contributed by atoms with van der Waals surface area (Å²) in [6.45, 7) is 6.57. The van der Waals surface area contributed by atoms with Crippen molar-refractivity contribution in [2.75, 3.05) is 58.8 Å². The van der Waals surface area contributed by atoms with Gasteiger partial charge in [0, 0.05) is 69.1 Å². The van der Waals surface area contributed by atoms with Crippen LogP contribution in [-0.4, -0.2) is 81.6 Å². The largest absolute Gasteiger partial charge is 0.491 e. The van der Waals surface area contributed by atoms with Gasteiger partial charge in [-0.25, -0.2) is 0 Å². The van der Waals surface area contributed by atoms with E-state index in [1.165, 1.54) is 16.2 Å². The SMILES string of the molecule is Cc1ccc(N2CCN(C)CC2)c2c1OC[C@@H](NC(=O)c1ccc(C(=O)N(C)C)cc1)C2. The quantitative estimate of drug-likeness (QED) is 0.796. The summed E-state index contributed by atoms with van der Waals surface area (Å²) >= 11 is 0. The van der Waals surface area contributed by atoms with Crippen LogP contribution in [0.3, 0.4) is 0 Å². The number of benzene rings is 2. The first-order valence-electron chi connectivity index (χ1n) is 11.1. The number of rotatable bonds is 4. The van der Waals surface area contributed by atoms with Crippen molar-refractivity contribution in [3.05, 3.63) is 58.7 Å². The molecule has 1 fully saturated rings. The van der Waals surface area contributed by atoms with Gasteiger partial charge in [0.25, 0.3) is 11.8 Å². The van der Waals surface area contributed by atoms with Crippen LogP contribution in [0.2, 0.25) is 0 Å². The van der Waals surface area contributed by atoms with Crippen molar-refractivity contribution in [1.29, 1.82) is 0 Å². The molecule has 0 spiro atoms. The van der Waals surface area contributed by atoms with Crippen LogP contribution in [0.4, 0.5) is 5.69 Å². The van der Waals surface area contributed by atoms with Crippen molar-refractivity contribution in [2.45, 2.75) is 19.4 Å². The van der Waals surface area contributed by atoms with E-state index in [1.54, 1.807) is 38.4 Å². The number of hydrogen-bond acceptors (Lipinski definition) is 5. The van der Waals surface area contributed by atoms with Gasteiger partial charge in [-0.05, 0) is 49.9 Å². The van der Waals surface area contributed by atoms with Gasteiger partial charge in [0.15, 0.2) is 0 Å². The van der Waals surface area contributed by atoms with Crippen LogP contribution in [0, 0.1) is 6.92 Å². The van der Waals surface area contributed by atoms with Crippen molar-refractivity contribution in [3.63, 3.8) is 0 Å². The average molecular weight is 437 g/mol. The van der Waals surface area contributed by atoms with E-state index in [2.05, 4.69) is 41.2 Å². The average Bonchev–Trinajstić information content (AvgIpc) is 2.79. The van der Waals surface area contributed by atoms with Crippen LogP contribution < -0.4 is 15.0 Å².